The third-order valence-electron chi connectivity index (χ3n) is 5.53. The Kier molecular flexibility index (Phi) is 6.81. The second kappa shape index (κ2) is 8.65. The SMILES string of the molecule is CCOC(=O)[C@@H]1CCCN(C(=O)CN(C)C(=O)[C@@H]2CCN(C)[C@H]2C)C1. The topological polar surface area (TPSA) is 70.2 Å². The van der Waals surface area contributed by atoms with Crippen LogP contribution in [0.2, 0.25) is 0 Å². The Hall–Kier alpha value is -1.63. The summed E-state index contributed by atoms with van der Waals surface area (Å²) in [7, 11) is 3.71. The first kappa shape index (κ1) is 19.7. The number of rotatable bonds is 5. The van der Waals surface area contributed by atoms with Gasteiger partial charge in [0.2, 0.25) is 11.8 Å². The van der Waals surface area contributed by atoms with E-state index in [9.17, 15) is 14.4 Å². The molecular formula is C18H31N3O4. The number of likely N-dealkylation sites (tertiary alicyclic amines) is 2. The van der Waals surface area contributed by atoms with E-state index in [0.717, 1.165) is 25.8 Å². The maximum absolute atomic E-state index is 12.6. The molecule has 0 radical (unpaired) electrons. The number of amides is 2. The van der Waals surface area contributed by atoms with Crippen LogP contribution in [0.3, 0.4) is 0 Å². The highest BCUT2D eigenvalue weighted by atomic mass is 16.5. The van der Waals surface area contributed by atoms with Gasteiger partial charge in [0.05, 0.1) is 25.0 Å². The van der Waals surface area contributed by atoms with Gasteiger partial charge in [0.1, 0.15) is 0 Å². The fourth-order valence-electron chi connectivity index (χ4n) is 3.74. The first-order valence-corrected chi connectivity index (χ1v) is 9.24. The summed E-state index contributed by atoms with van der Waals surface area (Å²) in [5.41, 5.74) is 0. The Labute approximate surface area is 150 Å². The summed E-state index contributed by atoms with van der Waals surface area (Å²) >= 11 is 0. The Morgan fingerprint density at radius 1 is 1.20 bits per heavy atom. The molecule has 3 atom stereocenters. The van der Waals surface area contributed by atoms with Gasteiger partial charge in [0.15, 0.2) is 0 Å². The zero-order chi connectivity index (χ0) is 18.6. The molecule has 0 N–H and O–H groups in total. The fourth-order valence-corrected chi connectivity index (χ4v) is 3.74. The summed E-state index contributed by atoms with van der Waals surface area (Å²) in [5.74, 6) is -0.584. The predicted octanol–water partition coefficient (Wildman–Crippen LogP) is 0.587. The number of likely N-dealkylation sites (N-methyl/N-ethyl adjacent to an activating group) is 1. The molecule has 2 heterocycles. The first-order chi connectivity index (χ1) is 11.8. The number of hydrogen-bond acceptors (Lipinski definition) is 5. The van der Waals surface area contributed by atoms with Crippen molar-refractivity contribution in [2.24, 2.45) is 11.8 Å². The molecule has 2 rings (SSSR count). The van der Waals surface area contributed by atoms with Crippen molar-refractivity contribution < 1.29 is 19.1 Å². The van der Waals surface area contributed by atoms with E-state index in [4.69, 9.17) is 4.74 Å². The molecule has 0 aromatic rings. The largest absolute Gasteiger partial charge is 0.466 e. The molecule has 2 amide bonds. The number of carbonyl (C=O) groups excluding carboxylic acids is 3. The standard InChI is InChI=1S/C18H31N3O4/c1-5-25-18(24)14-7-6-9-21(11-14)16(22)12-20(4)17(23)15-8-10-19(3)13(15)2/h13-15H,5-12H2,1-4H3/t13-,14+,15+/m0/s1. The minimum atomic E-state index is -0.248. The predicted molar refractivity (Wildman–Crippen MR) is 93.8 cm³/mol. The first-order valence-electron chi connectivity index (χ1n) is 9.24. The molecule has 2 aliphatic rings. The van der Waals surface area contributed by atoms with Crippen LogP contribution in [0.15, 0.2) is 0 Å². The van der Waals surface area contributed by atoms with Crippen LogP contribution >= 0.6 is 0 Å². The van der Waals surface area contributed by atoms with Crippen molar-refractivity contribution in [2.45, 2.75) is 39.2 Å². The van der Waals surface area contributed by atoms with Gasteiger partial charge in [-0.15, -0.1) is 0 Å². The van der Waals surface area contributed by atoms with Crippen molar-refractivity contribution in [3.63, 3.8) is 0 Å². The maximum atomic E-state index is 12.6. The van der Waals surface area contributed by atoms with Gasteiger partial charge in [-0.25, -0.2) is 0 Å². The monoisotopic (exact) mass is 353 g/mol. The van der Waals surface area contributed by atoms with Gasteiger partial charge in [0, 0.05) is 26.2 Å². The van der Waals surface area contributed by atoms with Crippen molar-refractivity contribution in [1.82, 2.24) is 14.7 Å². The maximum Gasteiger partial charge on any atom is 0.310 e. The zero-order valence-electron chi connectivity index (χ0n) is 15.9. The van der Waals surface area contributed by atoms with E-state index in [1.165, 1.54) is 4.90 Å². The third kappa shape index (κ3) is 4.71. The van der Waals surface area contributed by atoms with Crippen LogP contribution in [0.1, 0.15) is 33.1 Å². The molecule has 7 heteroatoms. The van der Waals surface area contributed by atoms with Crippen LogP contribution in [0.25, 0.3) is 0 Å². The van der Waals surface area contributed by atoms with Crippen molar-refractivity contribution in [2.75, 3.05) is 46.9 Å². The van der Waals surface area contributed by atoms with E-state index >= 15 is 0 Å². The van der Waals surface area contributed by atoms with Crippen LogP contribution in [-0.2, 0) is 19.1 Å². The van der Waals surface area contributed by atoms with Crippen LogP contribution in [-0.4, -0.2) is 85.4 Å². The molecule has 7 nitrogen and oxygen atoms in total. The second-order valence-electron chi connectivity index (χ2n) is 7.24. The van der Waals surface area contributed by atoms with Crippen molar-refractivity contribution in [3.05, 3.63) is 0 Å². The summed E-state index contributed by atoms with van der Waals surface area (Å²) in [4.78, 5) is 42.5. The van der Waals surface area contributed by atoms with Gasteiger partial charge in [-0.1, -0.05) is 0 Å². The van der Waals surface area contributed by atoms with Crippen LogP contribution in [0.5, 0.6) is 0 Å². The molecule has 2 saturated heterocycles. The van der Waals surface area contributed by atoms with E-state index in [-0.39, 0.29) is 42.2 Å². The number of nitrogens with zero attached hydrogens (tertiary/aromatic N) is 3. The molecule has 2 aliphatic heterocycles. The Bertz CT molecular complexity index is 511. The zero-order valence-corrected chi connectivity index (χ0v) is 15.9. The van der Waals surface area contributed by atoms with Gasteiger partial charge < -0.3 is 19.4 Å². The number of ether oxygens (including phenoxy) is 1. The smallest absolute Gasteiger partial charge is 0.310 e. The molecule has 0 aromatic carbocycles. The van der Waals surface area contributed by atoms with Gasteiger partial charge in [0.25, 0.3) is 0 Å². The lowest BCUT2D eigenvalue weighted by Crippen LogP contribution is -2.48. The van der Waals surface area contributed by atoms with E-state index in [1.807, 2.05) is 7.05 Å². The molecule has 0 unspecified atom stereocenters. The van der Waals surface area contributed by atoms with Gasteiger partial charge in [-0.05, 0) is 46.7 Å². The Balaban J connectivity index is 1.88. The molecular weight excluding hydrogens is 322 g/mol. The third-order valence-corrected chi connectivity index (χ3v) is 5.53. The molecule has 0 aromatic heterocycles. The highest BCUT2D eigenvalue weighted by Gasteiger charge is 2.36. The second-order valence-corrected chi connectivity index (χ2v) is 7.24. The molecule has 0 saturated carbocycles. The molecule has 0 spiro atoms. The summed E-state index contributed by atoms with van der Waals surface area (Å²) < 4.78 is 5.07. The average molecular weight is 353 g/mol. The molecule has 0 aliphatic carbocycles. The van der Waals surface area contributed by atoms with E-state index in [1.54, 1.807) is 18.9 Å². The lowest BCUT2D eigenvalue weighted by Gasteiger charge is -2.33. The van der Waals surface area contributed by atoms with Gasteiger partial charge in [-0.2, -0.15) is 0 Å². The number of carbonyl (C=O) groups is 3. The normalized spacial score (nSPS) is 27.2. The van der Waals surface area contributed by atoms with Crippen LogP contribution in [0.4, 0.5) is 0 Å². The van der Waals surface area contributed by atoms with E-state index in [0.29, 0.717) is 19.7 Å². The van der Waals surface area contributed by atoms with Crippen molar-refractivity contribution in [1.29, 1.82) is 0 Å². The fraction of sp³-hybridized carbons (Fsp3) is 0.833. The minimum Gasteiger partial charge on any atom is -0.466 e. The van der Waals surface area contributed by atoms with Crippen molar-refractivity contribution >= 4 is 17.8 Å². The Morgan fingerprint density at radius 2 is 1.92 bits per heavy atom. The molecule has 25 heavy (non-hydrogen) atoms. The quantitative estimate of drug-likeness (QED) is 0.677. The highest BCUT2D eigenvalue weighted by Crippen LogP contribution is 2.24. The summed E-state index contributed by atoms with van der Waals surface area (Å²) in [5, 5.41) is 0. The summed E-state index contributed by atoms with van der Waals surface area (Å²) in [6, 6.07) is 0.202. The van der Waals surface area contributed by atoms with E-state index < -0.39 is 0 Å². The summed E-state index contributed by atoms with van der Waals surface area (Å²) in [6.45, 7) is 6.20. The highest BCUT2D eigenvalue weighted by molar-refractivity contribution is 5.86. The van der Waals surface area contributed by atoms with Gasteiger partial charge >= 0.3 is 5.97 Å². The average Bonchev–Trinajstić information content (AvgIpc) is 2.93. The number of hydrogen-bond donors (Lipinski definition) is 0. The molecule has 0 bridgehead atoms. The molecule has 142 valence electrons. The van der Waals surface area contributed by atoms with Crippen LogP contribution in [0, 0.1) is 11.8 Å². The van der Waals surface area contributed by atoms with Crippen molar-refractivity contribution in [3.8, 4) is 0 Å². The lowest BCUT2D eigenvalue weighted by molar-refractivity contribution is -0.152. The van der Waals surface area contributed by atoms with E-state index in [2.05, 4.69) is 11.8 Å². The molecule has 2 fully saturated rings. The summed E-state index contributed by atoms with van der Waals surface area (Å²) in [6.07, 6.45) is 2.38. The Morgan fingerprint density at radius 3 is 2.52 bits per heavy atom. The lowest BCUT2D eigenvalue weighted by atomic mass is 9.98. The van der Waals surface area contributed by atoms with Gasteiger partial charge in [-0.3, -0.25) is 14.4 Å². The number of esters is 1. The van der Waals surface area contributed by atoms with Crippen LogP contribution < -0.4 is 0 Å². The number of piperidine rings is 1. The minimum absolute atomic E-state index is 0.0316.